The van der Waals surface area contributed by atoms with Crippen molar-refractivity contribution < 1.29 is 0 Å². The van der Waals surface area contributed by atoms with Gasteiger partial charge in [0.15, 0.2) is 0 Å². The second-order valence-electron chi connectivity index (χ2n) is 2.28. The fourth-order valence-electron chi connectivity index (χ4n) is 0.559. The van der Waals surface area contributed by atoms with Gasteiger partial charge in [-0.1, -0.05) is 23.2 Å². The molecule has 0 spiro atoms. The number of nitrogens with two attached hydrogens (primary N) is 2. The highest BCUT2D eigenvalue weighted by atomic mass is 35.5. The molecule has 6 N–H and O–H groups in total. The molecule has 0 aliphatic carbocycles. The van der Waals surface area contributed by atoms with E-state index in [0.717, 1.165) is 0 Å². The third kappa shape index (κ3) is 4.28. The minimum absolute atomic E-state index is 0. The maximum atomic E-state index is 5.38. The predicted octanol–water partition coefficient (Wildman–Crippen LogP) is 1.71. The van der Waals surface area contributed by atoms with Crippen LogP contribution in [-0.4, -0.2) is 20.4 Å². The summed E-state index contributed by atoms with van der Waals surface area (Å²) in [6.45, 7) is 0. The van der Waals surface area contributed by atoms with E-state index in [1.54, 1.807) is 0 Å². The van der Waals surface area contributed by atoms with E-state index in [1.165, 1.54) is 12.4 Å². The highest BCUT2D eigenvalue weighted by Gasteiger charge is 1.91. The van der Waals surface area contributed by atoms with Gasteiger partial charge in [-0.05, 0) is 0 Å². The number of rotatable bonds is 0. The second kappa shape index (κ2) is 6.39. The lowest BCUT2D eigenvalue weighted by molar-refractivity contribution is 1.09. The van der Waals surface area contributed by atoms with Crippen molar-refractivity contribution in [2.75, 3.05) is 11.5 Å². The van der Waals surface area contributed by atoms with Crippen molar-refractivity contribution in [3.8, 4) is 0 Å². The fourth-order valence-corrected chi connectivity index (χ4v) is 0.755. The Morgan fingerprint density at radius 3 is 1.33 bits per heavy atom. The van der Waals surface area contributed by atoms with Crippen molar-refractivity contribution in [2.24, 2.45) is 0 Å². The quantitative estimate of drug-likeness (QED) is 0.584. The number of nitrogens with zero attached hydrogens (tertiary/aromatic N) is 2. The van der Waals surface area contributed by atoms with E-state index in [0.29, 0.717) is 21.7 Å². The van der Waals surface area contributed by atoms with Crippen LogP contribution in [0.4, 0.5) is 11.4 Å². The minimum atomic E-state index is 0. The Labute approximate surface area is 102 Å². The van der Waals surface area contributed by atoms with Crippen LogP contribution in [0.1, 0.15) is 0 Å². The zero-order valence-electron chi connectivity index (χ0n) is 7.37. The smallest absolute Gasteiger partial charge is 0.147 e. The molecule has 0 aromatic carbocycles. The van der Waals surface area contributed by atoms with E-state index >= 15 is 0 Å². The van der Waals surface area contributed by atoms with Gasteiger partial charge in [0.05, 0.1) is 23.8 Å². The van der Waals surface area contributed by atoms with Gasteiger partial charge < -0.3 is 11.5 Å². The molecule has 0 amide bonds. The van der Waals surface area contributed by atoms with Gasteiger partial charge in [0.2, 0.25) is 0 Å². The van der Waals surface area contributed by atoms with Gasteiger partial charge in [-0.2, -0.15) is 10.2 Å². The maximum absolute atomic E-state index is 5.38. The molecule has 0 radical (unpaired) electrons. The zero-order valence-corrected chi connectivity index (χ0v) is 9.70. The molecule has 0 atom stereocenters. The number of halogens is 3. The Morgan fingerprint density at radius 2 is 1.27 bits per heavy atom. The van der Waals surface area contributed by atoms with Gasteiger partial charge in [-0.3, -0.25) is 10.2 Å². The summed E-state index contributed by atoms with van der Waals surface area (Å²) in [5.41, 5.74) is 11.4. The standard InChI is InChI=1S/2C3H4ClN3.ClH/c2*4-3-2(5)1-6-7-3;/h2*1H,5H2,(H,6,7);1H. The van der Waals surface area contributed by atoms with Gasteiger partial charge in [0, 0.05) is 0 Å². The van der Waals surface area contributed by atoms with Crippen LogP contribution < -0.4 is 11.5 Å². The Kier molecular flexibility index (Phi) is 5.92. The zero-order chi connectivity index (χ0) is 10.6. The number of aromatic nitrogens is 4. The topological polar surface area (TPSA) is 109 Å². The molecular weight excluding hydrogens is 262 g/mol. The van der Waals surface area contributed by atoms with E-state index in [4.69, 9.17) is 34.7 Å². The first-order chi connectivity index (χ1) is 6.61. The summed E-state index contributed by atoms with van der Waals surface area (Å²) < 4.78 is 0. The maximum Gasteiger partial charge on any atom is 0.147 e. The number of anilines is 2. The van der Waals surface area contributed by atoms with E-state index in [2.05, 4.69) is 20.4 Å². The van der Waals surface area contributed by atoms with Crippen LogP contribution in [0.5, 0.6) is 0 Å². The Morgan fingerprint density at radius 1 is 0.933 bits per heavy atom. The van der Waals surface area contributed by atoms with E-state index < -0.39 is 0 Å². The molecule has 2 rings (SSSR count). The molecule has 9 heteroatoms. The summed E-state index contributed by atoms with van der Waals surface area (Å²) in [6.07, 6.45) is 2.92. The molecule has 2 aromatic heterocycles. The highest BCUT2D eigenvalue weighted by Crippen LogP contribution is 2.11. The van der Waals surface area contributed by atoms with Crippen LogP contribution in [0, 0.1) is 0 Å². The molecule has 0 saturated heterocycles. The Balaban J connectivity index is 0.000000245. The molecule has 6 nitrogen and oxygen atoms in total. The molecule has 15 heavy (non-hydrogen) atoms. The number of hydrogen-bond acceptors (Lipinski definition) is 4. The number of aromatic amines is 2. The van der Waals surface area contributed by atoms with Crippen molar-refractivity contribution in [2.45, 2.75) is 0 Å². The van der Waals surface area contributed by atoms with Crippen LogP contribution in [0.2, 0.25) is 10.3 Å². The first kappa shape index (κ1) is 13.9. The van der Waals surface area contributed by atoms with Gasteiger partial charge in [0.1, 0.15) is 10.3 Å². The molecule has 0 unspecified atom stereocenters. The summed E-state index contributed by atoms with van der Waals surface area (Å²) in [7, 11) is 0. The van der Waals surface area contributed by atoms with Crippen molar-refractivity contribution >= 4 is 47.0 Å². The number of hydrogen-bond donors (Lipinski definition) is 4. The normalized spacial score (nSPS) is 8.67. The third-order valence-corrected chi connectivity index (χ3v) is 1.85. The molecule has 0 aliphatic heterocycles. The lowest BCUT2D eigenvalue weighted by Gasteiger charge is -1.76. The molecule has 2 aromatic rings. The Bertz CT molecular complexity index is 326. The van der Waals surface area contributed by atoms with Gasteiger partial charge in [-0.15, -0.1) is 12.4 Å². The number of H-pyrrole nitrogens is 2. The van der Waals surface area contributed by atoms with E-state index in [-0.39, 0.29) is 12.4 Å². The average Bonchev–Trinajstić information content (AvgIpc) is 2.67. The average molecular weight is 272 g/mol. The van der Waals surface area contributed by atoms with Crippen LogP contribution in [0.25, 0.3) is 0 Å². The molecule has 2 heterocycles. The Hall–Kier alpha value is -1.11. The monoisotopic (exact) mass is 270 g/mol. The van der Waals surface area contributed by atoms with Crippen LogP contribution in [0.15, 0.2) is 12.4 Å². The van der Waals surface area contributed by atoms with Crippen LogP contribution in [-0.2, 0) is 0 Å². The summed E-state index contributed by atoms with van der Waals surface area (Å²) in [6, 6.07) is 0. The highest BCUT2D eigenvalue weighted by molar-refractivity contribution is 6.32. The summed E-state index contributed by atoms with van der Waals surface area (Å²) in [5, 5.41) is 12.8. The summed E-state index contributed by atoms with van der Waals surface area (Å²) in [4.78, 5) is 0. The van der Waals surface area contributed by atoms with Gasteiger partial charge in [-0.25, -0.2) is 0 Å². The minimum Gasteiger partial charge on any atom is -0.395 e. The molecule has 0 saturated carbocycles. The molecule has 84 valence electrons. The van der Waals surface area contributed by atoms with Crippen molar-refractivity contribution in [1.29, 1.82) is 0 Å². The third-order valence-electron chi connectivity index (χ3n) is 1.24. The van der Waals surface area contributed by atoms with Crippen LogP contribution in [0.3, 0.4) is 0 Å². The predicted molar refractivity (Wildman–Crippen MR) is 63.3 cm³/mol. The lowest BCUT2D eigenvalue weighted by Crippen LogP contribution is -1.78. The fraction of sp³-hybridized carbons (Fsp3) is 0. The van der Waals surface area contributed by atoms with E-state index in [1.807, 2.05) is 0 Å². The molecule has 0 bridgehead atoms. The molecule has 0 fully saturated rings. The van der Waals surface area contributed by atoms with Crippen LogP contribution >= 0.6 is 35.6 Å². The van der Waals surface area contributed by atoms with Crippen molar-refractivity contribution in [3.05, 3.63) is 22.7 Å². The first-order valence-electron chi connectivity index (χ1n) is 3.50. The number of nitrogen functional groups attached to an aromatic ring is 2. The van der Waals surface area contributed by atoms with Crippen molar-refractivity contribution in [3.63, 3.8) is 0 Å². The largest absolute Gasteiger partial charge is 0.395 e. The first-order valence-corrected chi connectivity index (χ1v) is 4.25. The molecular formula is C6H9Cl3N6. The van der Waals surface area contributed by atoms with Gasteiger partial charge >= 0.3 is 0 Å². The second-order valence-corrected chi connectivity index (χ2v) is 3.03. The van der Waals surface area contributed by atoms with Crippen molar-refractivity contribution in [1.82, 2.24) is 20.4 Å². The summed E-state index contributed by atoms with van der Waals surface area (Å²) >= 11 is 10.8. The van der Waals surface area contributed by atoms with Gasteiger partial charge in [0.25, 0.3) is 0 Å². The summed E-state index contributed by atoms with van der Waals surface area (Å²) in [5.74, 6) is 0. The number of nitrogens with one attached hydrogen (secondary N) is 2. The molecule has 0 aliphatic rings. The van der Waals surface area contributed by atoms with E-state index in [9.17, 15) is 0 Å². The lowest BCUT2D eigenvalue weighted by atomic mass is 10.6. The SMILES string of the molecule is Cl.Nc1cn[nH]c1Cl.Nc1cn[nH]c1Cl.